The number of carbonyl (C=O) groups excluding carboxylic acids is 1. The van der Waals surface area contributed by atoms with Crippen LogP contribution in [0.25, 0.3) is 0 Å². The number of aryl methyl sites for hydroxylation is 2. The van der Waals surface area contributed by atoms with Crippen LogP contribution in [-0.2, 0) is 7.05 Å². The van der Waals surface area contributed by atoms with Crippen LogP contribution in [-0.4, -0.2) is 15.6 Å². The van der Waals surface area contributed by atoms with Gasteiger partial charge >= 0.3 is 0 Å². The highest BCUT2D eigenvalue weighted by Gasteiger charge is 2.17. The average molecular weight is 314 g/mol. The number of aromatic nitrogens is 2. The Morgan fingerprint density at radius 1 is 1.47 bits per heavy atom. The van der Waals surface area contributed by atoms with E-state index >= 15 is 0 Å². The number of halogens is 2. The Morgan fingerprint density at radius 3 is 2.71 bits per heavy atom. The molecule has 0 bridgehead atoms. The van der Waals surface area contributed by atoms with Crippen molar-refractivity contribution in [2.45, 2.75) is 6.92 Å². The Morgan fingerprint density at radius 2 is 2.18 bits per heavy atom. The van der Waals surface area contributed by atoms with Crippen LogP contribution in [0.1, 0.15) is 21.6 Å². The second kappa shape index (κ2) is 4.63. The fraction of sp³-hybridized carbons (Fsp3) is 0.167. The van der Waals surface area contributed by atoms with Crippen LogP contribution in [0.2, 0.25) is 5.02 Å². The normalized spacial score (nSPS) is 10.6. The van der Waals surface area contributed by atoms with Crippen molar-refractivity contribution in [2.75, 3.05) is 0 Å². The van der Waals surface area contributed by atoms with Gasteiger partial charge in [-0.2, -0.15) is 5.10 Å². The molecule has 0 aliphatic rings. The lowest BCUT2D eigenvalue weighted by atomic mass is 10.1. The summed E-state index contributed by atoms with van der Waals surface area (Å²) in [6.07, 6.45) is 1.47. The van der Waals surface area contributed by atoms with Crippen LogP contribution < -0.4 is 0 Å². The fourth-order valence-corrected chi connectivity index (χ4v) is 2.17. The molecule has 0 unspecified atom stereocenters. The van der Waals surface area contributed by atoms with Crippen molar-refractivity contribution in [1.29, 1.82) is 0 Å². The second-order valence-corrected chi connectivity index (χ2v) is 5.02. The molecule has 1 heterocycles. The lowest BCUT2D eigenvalue weighted by Gasteiger charge is -2.04. The van der Waals surface area contributed by atoms with Gasteiger partial charge < -0.3 is 0 Å². The predicted octanol–water partition coefficient (Wildman–Crippen LogP) is 3.38. The molecule has 0 saturated heterocycles. The molecule has 1 aromatic heterocycles. The Labute approximate surface area is 113 Å². The highest BCUT2D eigenvalue weighted by Crippen LogP contribution is 2.22. The smallest absolute Gasteiger partial charge is 0.212 e. The number of benzene rings is 1. The zero-order chi connectivity index (χ0) is 12.6. The molecule has 88 valence electrons. The lowest BCUT2D eigenvalue weighted by molar-refractivity contribution is 0.103. The van der Waals surface area contributed by atoms with Crippen LogP contribution in [0, 0.1) is 6.92 Å². The zero-order valence-corrected chi connectivity index (χ0v) is 11.7. The topological polar surface area (TPSA) is 34.9 Å². The highest BCUT2D eigenvalue weighted by atomic mass is 79.9. The van der Waals surface area contributed by atoms with Gasteiger partial charge in [-0.05, 0) is 18.6 Å². The number of ketones is 1. The zero-order valence-electron chi connectivity index (χ0n) is 9.37. The number of rotatable bonds is 2. The predicted molar refractivity (Wildman–Crippen MR) is 70.5 cm³/mol. The van der Waals surface area contributed by atoms with Crippen molar-refractivity contribution in [3.05, 3.63) is 50.7 Å². The molecule has 0 fully saturated rings. The third kappa shape index (κ3) is 2.28. The summed E-state index contributed by atoms with van der Waals surface area (Å²) in [5.74, 6) is -0.129. The number of hydrogen-bond donors (Lipinski definition) is 0. The molecule has 2 aromatic rings. The molecule has 0 aliphatic carbocycles. The molecule has 0 spiro atoms. The summed E-state index contributed by atoms with van der Waals surface area (Å²) < 4.78 is 2.39. The van der Waals surface area contributed by atoms with Crippen LogP contribution in [0.15, 0.2) is 28.9 Å². The van der Waals surface area contributed by atoms with E-state index in [-0.39, 0.29) is 5.78 Å². The van der Waals surface area contributed by atoms with Gasteiger partial charge in [0.05, 0.1) is 11.2 Å². The molecule has 0 amide bonds. The third-order valence-corrected chi connectivity index (χ3v) is 3.67. The van der Waals surface area contributed by atoms with E-state index in [0.717, 1.165) is 10.0 Å². The van der Waals surface area contributed by atoms with Gasteiger partial charge in [0.2, 0.25) is 5.78 Å². The average Bonchev–Trinajstić information content (AvgIpc) is 2.62. The van der Waals surface area contributed by atoms with Gasteiger partial charge in [-0.3, -0.25) is 9.48 Å². The first kappa shape index (κ1) is 12.3. The lowest BCUT2D eigenvalue weighted by Crippen LogP contribution is -2.09. The molecule has 1 aromatic carbocycles. The number of nitrogens with zero attached hydrogens (tertiary/aromatic N) is 2. The van der Waals surface area contributed by atoms with Crippen LogP contribution in [0.4, 0.5) is 0 Å². The Kier molecular flexibility index (Phi) is 3.35. The van der Waals surface area contributed by atoms with Crippen molar-refractivity contribution < 1.29 is 4.79 Å². The maximum atomic E-state index is 12.2. The third-order valence-electron chi connectivity index (χ3n) is 2.54. The maximum Gasteiger partial charge on any atom is 0.212 e. The molecule has 2 rings (SSSR count). The van der Waals surface area contributed by atoms with Gasteiger partial charge in [-0.25, -0.2) is 0 Å². The van der Waals surface area contributed by atoms with Crippen molar-refractivity contribution in [3.8, 4) is 0 Å². The minimum atomic E-state index is -0.129. The van der Waals surface area contributed by atoms with Gasteiger partial charge in [0.1, 0.15) is 5.69 Å². The Balaban J connectivity index is 2.48. The second-order valence-electron chi connectivity index (χ2n) is 3.76. The Hall–Kier alpha value is -1.13. The first-order chi connectivity index (χ1) is 8.00. The summed E-state index contributed by atoms with van der Waals surface area (Å²) in [7, 11) is 1.70. The molecule has 3 nitrogen and oxygen atoms in total. The van der Waals surface area contributed by atoms with Crippen molar-refractivity contribution in [1.82, 2.24) is 9.78 Å². The molecule has 0 aliphatic heterocycles. The van der Waals surface area contributed by atoms with E-state index in [1.165, 1.54) is 10.9 Å². The highest BCUT2D eigenvalue weighted by molar-refractivity contribution is 9.10. The van der Waals surface area contributed by atoms with E-state index in [1.807, 2.05) is 13.0 Å². The summed E-state index contributed by atoms with van der Waals surface area (Å²) in [4.78, 5) is 12.2. The van der Waals surface area contributed by atoms with E-state index in [0.29, 0.717) is 16.3 Å². The first-order valence-corrected chi connectivity index (χ1v) is 6.16. The largest absolute Gasteiger partial charge is 0.287 e. The van der Waals surface area contributed by atoms with Gasteiger partial charge in [0.15, 0.2) is 0 Å². The summed E-state index contributed by atoms with van der Waals surface area (Å²) in [6.45, 7) is 1.97. The van der Waals surface area contributed by atoms with Crippen LogP contribution >= 0.6 is 27.5 Å². The quantitative estimate of drug-likeness (QED) is 0.797. The van der Waals surface area contributed by atoms with E-state index in [2.05, 4.69) is 21.0 Å². The van der Waals surface area contributed by atoms with Gasteiger partial charge in [-0.1, -0.05) is 39.7 Å². The van der Waals surface area contributed by atoms with Gasteiger partial charge in [-0.15, -0.1) is 0 Å². The van der Waals surface area contributed by atoms with Crippen molar-refractivity contribution in [3.63, 3.8) is 0 Å². The summed E-state index contributed by atoms with van der Waals surface area (Å²) in [5.41, 5.74) is 2.08. The monoisotopic (exact) mass is 312 g/mol. The molecule has 0 N–H and O–H groups in total. The molecule has 0 saturated carbocycles. The Bertz CT molecular complexity index is 573. The van der Waals surface area contributed by atoms with Crippen molar-refractivity contribution in [2.24, 2.45) is 7.05 Å². The minimum absolute atomic E-state index is 0.129. The molecule has 0 radical (unpaired) electrons. The van der Waals surface area contributed by atoms with E-state index < -0.39 is 0 Å². The van der Waals surface area contributed by atoms with E-state index in [1.54, 1.807) is 19.2 Å². The number of hydrogen-bond acceptors (Lipinski definition) is 2. The van der Waals surface area contributed by atoms with E-state index in [9.17, 15) is 4.79 Å². The number of carbonyl (C=O) groups is 1. The first-order valence-electron chi connectivity index (χ1n) is 4.99. The molecule has 0 atom stereocenters. The summed E-state index contributed by atoms with van der Waals surface area (Å²) in [6, 6.07) is 5.47. The van der Waals surface area contributed by atoms with Gasteiger partial charge in [0.25, 0.3) is 0 Å². The maximum absolute atomic E-state index is 12.2. The molecular formula is C12H10BrClN2O. The summed E-state index contributed by atoms with van der Waals surface area (Å²) >= 11 is 9.35. The molecular weight excluding hydrogens is 304 g/mol. The van der Waals surface area contributed by atoms with E-state index in [4.69, 9.17) is 11.6 Å². The standard InChI is InChI=1S/C12H10BrClN2O/c1-7-3-4-8(5-9(7)13)12(17)11-10(14)6-15-16(11)2/h3-6H,1-2H3. The SMILES string of the molecule is Cc1ccc(C(=O)c2c(Cl)cnn2C)cc1Br. The van der Waals surface area contributed by atoms with Crippen molar-refractivity contribution >= 4 is 33.3 Å². The van der Waals surface area contributed by atoms with Crippen LogP contribution in [0.3, 0.4) is 0 Å². The molecule has 17 heavy (non-hydrogen) atoms. The minimum Gasteiger partial charge on any atom is -0.287 e. The van der Waals surface area contributed by atoms with Gasteiger partial charge in [0, 0.05) is 17.1 Å². The van der Waals surface area contributed by atoms with Crippen LogP contribution in [0.5, 0.6) is 0 Å². The fourth-order valence-electron chi connectivity index (χ4n) is 1.54. The summed E-state index contributed by atoms with van der Waals surface area (Å²) in [5, 5.41) is 4.32. The molecule has 5 heteroatoms.